The van der Waals surface area contributed by atoms with Crippen LogP contribution in [-0.2, 0) is 4.79 Å². The van der Waals surface area contributed by atoms with E-state index in [1.807, 2.05) is 48.5 Å². The zero-order valence-electron chi connectivity index (χ0n) is 13.3. The lowest BCUT2D eigenvalue weighted by Crippen LogP contribution is -2.31. The van der Waals surface area contributed by atoms with E-state index >= 15 is 0 Å². The molecule has 0 bridgehead atoms. The number of halogens is 1. The van der Waals surface area contributed by atoms with Gasteiger partial charge in [-0.2, -0.15) is 0 Å². The van der Waals surface area contributed by atoms with E-state index < -0.39 is 0 Å². The number of carbonyl (C=O) groups is 1. The first-order chi connectivity index (χ1) is 11.1. The van der Waals surface area contributed by atoms with Gasteiger partial charge in [-0.15, -0.1) is 6.58 Å². The van der Waals surface area contributed by atoms with Crippen molar-refractivity contribution < 1.29 is 9.53 Å². The van der Waals surface area contributed by atoms with Gasteiger partial charge in [0.1, 0.15) is 5.75 Å². The van der Waals surface area contributed by atoms with Crippen LogP contribution in [0.5, 0.6) is 5.75 Å². The average Bonchev–Trinajstić information content (AvgIpc) is 2.59. The summed E-state index contributed by atoms with van der Waals surface area (Å²) < 4.78 is 6.16. The fourth-order valence-electron chi connectivity index (χ4n) is 2.48. The van der Waals surface area contributed by atoms with Crippen molar-refractivity contribution in [2.45, 2.75) is 12.3 Å². The number of methoxy groups -OCH3 is 1. The number of likely N-dealkylation sites (N-methyl/N-ethyl adjacent to an activating group) is 1. The van der Waals surface area contributed by atoms with Crippen LogP contribution in [0.3, 0.4) is 0 Å². The Balaban J connectivity index is 2.34. The van der Waals surface area contributed by atoms with Crippen molar-refractivity contribution >= 4 is 27.5 Å². The Kier molecular flexibility index (Phi) is 5.99. The zero-order chi connectivity index (χ0) is 16.8. The molecule has 1 amide bonds. The monoisotopic (exact) mass is 373 g/mol. The molecular formula is C19H20BrNO2. The van der Waals surface area contributed by atoms with Crippen molar-refractivity contribution in [3.8, 4) is 5.75 Å². The number of carbonyl (C=O) groups excluding carboxylic acids is 1. The second-order valence-electron chi connectivity index (χ2n) is 5.20. The van der Waals surface area contributed by atoms with Crippen molar-refractivity contribution in [3.63, 3.8) is 0 Å². The minimum Gasteiger partial charge on any atom is -0.497 e. The molecule has 0 spiro atoms. The summed E-state index contributed by atoms with van der Waals surface area (Å²) in [6.45, 7) is 3.79. The number of benzene rings is 2. The highest BCUT2D eigenvalue weighted by molar-refractivity contribution is 9.10. The van der Waals surface area contributed by atoms with Crippen molar-refractivity contribution in [2.24, 2.45) is 0 Å². The average molecular weight is 374 g/mol. The van der Waals surface area contributed by atoms with Gasteiger partial charge in [-0.3, -0.25) is 4.79 Å². The van der Waals surface area contributed by atoms with Crippen LogP contribution >= 0.6 is 15.9 Å². The Morgan fingerprint density at radius 2 is 2.04 bits per heavy atom. The molecule has 0 radical (unpaired) electrons. The molecule has 0 fully saturated rings. The van der Waals surface area contributed by atoms with E-state index in [0.717, 1.165) is 21.5 Å². The van der Waals surface area contributed by atoms with E-state index in [9.17, 15) is 4.79 Å². The molecule has 0 saturated heterocycles. The molecule has 0 N–H and O–H groups in total. The Labute approximate surface area is 145 Å². The number of nitrogens with zero attached hydrogens (tertiary/aromatic N) is 1. The van der Waals surface area contributed by atoms with Gasteiger partial charge in [0.25, 0.3) is 0 Å². The Bertz CT molecular complexity index is 699. The number of ether oxygens (including phenoxy) is 1. The van der Waals surface area contributed by atoms with Crippen LogP contribution in [0, 0.1) is 0 Å². The Morgan fingerprint density at radius 3 is 2.70 bits per heavy atom. The molecule has 1 atom stereocenters. The van der Waals surface area contributed by atoms with Crippen molar-refractivity contribution in [1.29, 1.82) is 0 Å². The van der Waals surface area contributed by atoms with E-state index in [4.69, 9.17) is 4.74 Å². The number of allylic oxidation sites excluding steroid dienone is 1. The molecule has 0 aromatic heterocycles. The third-order valence-corrected chi connectivity index (χ3v) is 4.41. The summed E-state index contributed by atoms with van der Waals surface area (Å²) in [5.41, 5.74) is 1.77. The maximum Gasteiger partial charge on any atom is 0.234 e. The molecule has 0 saturated carbocycles. The maximum atomic E-state index is 13.0. The first kappa shape index (κ1) is 17.3. The first-order valence-corrected chi connectivity index (χ1v) is 8.14. The third-order valence-electron chi connectivity index (χ3n) is 3.74. The van der Waals surface area contributed by atoms with E-state index in [1.54, 1.807) is 25.1 Å². The van der Waals surface area contributed by atoms with Gasteiger partial charge in [-0.1, -0.05) is 30.3 Å². The fraction of sp³-hybridized carbons (Fsp3) is 0.211. The summed E-state index contributed by atoms with van der Waals surface area (Å²) >= 11 is 3.50. The SMILES string of the molecule is C=CCC(C(=O)N(C)c1ccccc1Br)c1cccc(OC)c1. The third kappa shape index (κ3) is 4.02. The number of anilines is 1. The van der Waals surface area contributed by atoms with Gasteiger partial charge in [0.15, 0.2) is 0 Å². The number of rotatable bonds is 6. The number of hydrogen-bond donors (Lipinski definition) is 0. The standard InChI is InChI=1S/C19H20BrNO2/c1-4-8-16(14-9-7-10-15(13-14)23-3)19(22)21(2)18-12-6-5-11-17(18)20/h4-7,9-13,16H,1,8H2,2-3H3. The molecule has 2 rings (SSSR count). The summed E-state index contributed by atoms with van der Waals surface area (Å²) in [5, 5.41) is 0. The van der Waals surface area contributed by atoms with E-state index in [1.165, 1.54) is 0 Å². The highest BCUT2D eigenvalue weighted by Gasteiger charge is 2.24. The Morgan fingerprint density at radius 1 is 1.30 bits per heavy atom. The maximum absolute atomic E-state index is 13.0. The largest absolute Gasteiger partial charge is 0.497 e. The van der Waals surface area contributed by atoms with Gasteiger partial charge in [-0.25, -0.2) is 0 Å². The predicted molar refractivity (Wildman–Crippen MR) is 98.1 cm³/mol. The van der Waals surface area contributed by atoms with Crippen molar-refractivity contribution in [2.75, 3.05) is 19.1 Å². The van der Waals surface area contributed by atoms with Crippen molar-refractivity contribution in [3.05, 3.63) is 71.2 Å². The minimum atomic E-state index is -0.292. The molecule has 0 aliphatic heterocycles. The van der Waals surface area contributed by atoms with Crippen LogP contribution in [-0.4, -0.2) is 20.1 Å². The summed E-state index contributed by atoms with van der Waals surface area (Å²) in [6.07, 6.45) is 2.34. The molecular weight excluding hydrogens is 354 g/mol. The molecule has 0 aliphatic rings. The minimum absolute atomic E-state index is 0.0186. The van der Waals surface area contributed by atoms with Crippen LogP contribution in [0.4, 0.5) is 5.69 Å². The summed E-state index contributed by atoms with van der Waals surface area (Å²) in [6, 6.07) is 15.3. The lowest BCUT2D eigenvalue weighted by molar-refractivity contribution is -0.119. The van der Waals surface area contributed by atoms with Crippen LogP contribution in [0.25, 0.3) is 0 Å². The highest BCUT2D eigenvalue weighted by atomic mass is 79.9. The molecule has 2 aromatic rings. The normalized spacial score (nSPS) is 11.6. The second kappa shape index (κ2) is 7.97. The lowest BCUT2D eigenvalue weighted by atomic mass is 9.94. The number of para-hydroxylation sites is 1. The lowest BCUT2D eigenvalue weighted by Gasteiger charge is -2.24. The Hall–Kier alpha value is -2.07. The molecule has 1 unspecified atom stereocenters. The van der Waals surface area contributed by atoms with Crippen molar-refractivity contribution in [1.82, 2.24) is 0 Å². The van der Waals surface area contributed by atoms with Crippen LogP contribution in [0.2, 0.25) is 0 Å². The summed E-state index contributed by atoms with van der Waals surface area (Å²) in [7, 11) is 3.41. The highest BCUT2D eigenvalue weighted by Crippen LogP contribution is 2.30. The summed E-state index contributed by atoms with van der Waals surface area (Å²) in [4.78, 5) is 14.7. The van der Waals surface area contributed by atoms with E-state index in [-0.39, 0.29) is 11.8 Å². The molecule has 4 heteroatoms. The van der Waals surface area contributed by atoms with E-state index in [0.29, 0.717) is 6.42 Å². The number of amides is 1. The smallest absolute Gasteiger partial charge is 0.234 e. The molecule has 120 valence electrons. The van der Waals surface area contributed by atoms with Gasteiger partial charge in [0.2, 0.25) is 5.91 Å². The molecule has 0 aliphatic carbocycles. The predicted octanol–water partition coefficient (Wildman–Crippen LogP) is 4.78. The molecule has 23 heavy (non-hydrogen) atoms. The molecule has 0 heterocycles. The molecule has 3 nitrogen and oxygen atoms in total. The van der Waals surface area contributed by atoms with Crippen LogP contribution < -0.4 is 9.64 Å². The van der Waals surface area contributed by atoms with Crippen LogP contribution in [0.15, 0.2) is 65.7 Å². The van der Waals surface area contributed by atoms with Gasteiger partial charge < -0.3 is 9.64 Å². The van der Waals surface area contributed by atoms with Gasteiger partial charge in [-0.05, 0) is 52.2 Å². The second-order valence-corrected chi connectivity index (χ2v) is 6.06. The van der Waals surface area contributed by atoms with Gasteiger partial charge in [0, 0.05) is 11.5 Å². The first-order valence-electron chi connectivity index (χ1n) is 7.35. The quantitative estimate of drug-likeness (QED) is 0.681. The molecule has 2 aromatic carbocycles. The van der Waals surface area contributed by atoms with Gasteiger partial charge >= 0.3 is 0 Å². The number of hydrogen-bond acceptors (Lipinski definition) is 2. The summed E-state index contributed by atoms with van der Waals surface area (Å²) in [5.74, 6) is 0.470. The zero-order valence-corrected chi connectivity index (χ0v) is 14.9. The van der Waals surface area contributed by atoms with E-state index in [2.05, 4.69) is 22.5 Å². The van der Waals surface area contributed by atoms with Crippen LogP contribution in [0.1, 0.15) is 17.9 Å². The van der Waals surface area contributed by atoms with Gasteiger partial charge in [0.05, 0.1) is 18.7 Å². The topological polar surface area (TPSA) is 29.5 Å². The fourth-order valence-corrected chi connectivity index (χ4v) is 3.03.